The minimum absolute atomic E-state index is 0. The smallest absolute Gasteiger partial charge is 0.382 e. The summed E-state index contributed by atoms with van der Waals surface area (Å²) in [4.78, 5) is 20.4. The summed E-state index contributed by atoms with van der Waals surface area (Å²) in [6, 6.07) is 10.8. The highest BCUT2D eigenvalue weighted by molar-refractivity contribution is 6.30. The second kappa shape index (κ2) is 13.5. The predicted octanol–water partition coefficient (Wildman–Crippen LogP) is 6.53. The minimum Gasteiger partial charge on any atom is -0.382 e. The zero-order valence-electron chi connectivity index (χ0n) is 20.4. The first kappa shape index (κ1) is 29.2. The molecule has 2 aliphatic heterocycles. The summed E-state index contributed by atoms with van der Waals surface area (Å²) in [7, 11) is 0. The number of halogens is 4. The summed E-state index contributed by atoms with van der Waals surface area (Å²) in [6.07, 6.45) is 3.01. The van der Waals surface area contributed by atoms with Gasteiger partial charge in [0.25, 0.3) is 0 Å². The third kappa shape index (κ3) is 8.88. The molecule has 2 aromatic rings. The first-order valence-corrected chi connectivity index (χ1v) is 13.2. The van der Waals surface area contributed by atoms with Crippen molar-refractivity contribution in [1.82, 2.24) is 14.8 Å². The molecule has 37 heavy (non-hydrogen) atoms. The number of piperidine rings is 2. The van der Waals surface area contributed by atoms with Gasteiger partial charge in [0.1, 0.15) is 5.69 Å². The molecule has 1 aromatic heterocycles. The van der Waals surface area contributed by atoms with Crippen molar-refractivity contribution in [2.45, 2.75) is 64.6 Å². The van der Waals surface area contributed by atoms with Gasteiger partial charge < -0.3 is 15.1 Å². The van der Waals surface area contributed by atoms with E-state index < -0.39 is 11.9 Å². The summed E-state index contributed by atoms with van der Waals surface area (Å²) in [6.45, 7) is 4.36. The number of aromatic nitrogens is 1. The van der Waals surface area contributed by atoms with Gasteiger partial charge >= 0.3 is 6.18 Å². The molecule has 0 radical (unpaired) electrons. The summed E-state index contributed by atoms with van der Waals surface area (Å²) >= 11 is 5.98. The Morgan fingerprint density at radius 1 is 1.03 bits per heavy atom. The molecule has 0 aliphatic carbocycles. The highest BCUT2D eigenvalue weighted by Crippen LogP contribution is 2.29. The largest absolute Gasteiger partial charge is 0.433 e. The molecule has 0 spiro atoms. The normalized spacial score (nSPS) is 17.9. The van der Waals surface area contributed by atoms with Crippen LogP contribution >= 0.6 is 11.6 Å². The molecular formula is C28H38ClF3N4O. The highest BCUT2D eigenvalue weighted by atomic mass is 35.5. The van der Waals surface area contributed by atoms with E-state index in [1.807, 2.05) is 17.0 Å². The van der Waals surface area contributed by atoms with Gasteiger partial charge in [0.15, 0.2) is 0 Å². The molecule has 9 heteroatoms. The number of rotatable bonds is 8. The molecule has 0 bridgehead atoms. The number of carbonyl (C=O) groups is 1. The standard InChI is InChI=1S/C27H34ClF3N4O.CH4/c28-22-5-3-20(4-6-22)18-21-8-14-34(15-9-21)13-1-2-26(36)35-16-10-23(11-17-35)33-24-7-12-32-25(19-24)27(29,30)31;/h3-7,12,19,21,23H,1-2,8-11,13-18H2,(H,32,33);1H4. The first-order chi connectivity index (χ1) is 17.3. The average Bonchev–Trinajstić information content (AvgIpc) is 2.86. The number of hydrogen-bond acceptors (Lipinski definition) is 4. The van der Waals surface area contributed by atoms with Crippen molar-refractivity contribution in [3.05, 3.63) is 58.9 Å². The van der Waals surface area contributed by atoms with Crippen LogP contribution in [0.25, 0.3) is 0 Å². The molecule has 1 amide bonds. The van der Waals surface area contributed by atoms with Crippen LogP contribution in [-0.4, -0.2) is 59.5 Å². The Morgan fingerprint density at radius 2 is 1.70 bits per heavy atom. The quantitative estimate of drug-likeness (QED) is 0.415. The molecule has 0 saturated carbocycles. The van der Waals surface area contributed by atoms with Crippen molar-refractivity contribution in [3.8, 4) is 0 Å². The molecule has 2 fully saturated rings. The lowest BCUT2D eigenvalue weighted by Gasteiger charge is -2.34. The lowest BCUT2D eigenvalue weighted by molar-refractivity contribution is -0.141. The van der Waals surface area contributed by atoms with Crippen LogP contribution in [0, 0.1) is 5.92 Å². The fourth-order valence-corrected chi connectivity index (χ4v) is 5.29. The lowest BCUT2D eigenvalue weighted by atomic mass is 9.90. The summed E-state index contributed by atoms with van der Waals surface area (Å²) in [5.41, 5.74) is 0.860. The maximum Gasteiger partial charge on any atom is 0.433 e. The van der Waals surface area contributed by atoms with Gasteiger partial charge in [-0.2, -0.15) is 13.2 Å². The fourth-order valence-electron chi connectivity index (χ4n) is 5.16. The third-order valence-electron chi connectivity index (χ3n) is 7.28. The average molecular weight is 539 g/mol. The van der Waals surface area contributed by atoms with Crippen molar-refractivity contribution in [2.24, 2.45) is 5.92 Å². The van der Waals surface area contributed by atoms with E-state index in [2.05, 4.69) is 27.3 Å². The molecule has 3 heterocycles. The molecule has 1 aromatic carbocycles. The predicted molar refractivity (Wildman–Crippen MR) is 143 cm³/mol. The van der Waals surface area contributed by atoms with Crippen molar-refractivity contribution >= 4 is 23.2 Å². The van der Waals surface area contributed by atoms with Gasteiger partial charge in [-0.3, -0.25) is 9.78 Å². The Bertz CT molecular complexity index is 986. The molecule has 204 valence electrons. The van der Waals surface area contributed by atoms with E-state index in [1.165, 1.54) is 24.6 Å². The number of anilines is 1. The Kier molecular flexibility index (Phi) is 10.6. The molecular weight excluding hydrogens is 501 g/mol. The SMILES string of the molecule is C.O=C(CCCN1CCC(Cc2ccc(Cl)cc2)CC1)N1CCC(Nc2ccnc(C(F)(F)F)c2)CC1. The topological polar surface area (TPSA) is 48.5 Å². The zero-order chi connectivity index (χ0) is 25.5. The molecule has 1 N–H and O–H groups in total. The zero-order valence-corrected chi connectivity index (χ0v) is 21.2. The number of hydrogen-bond donors (Lipinski definition) is 1. The van der Waals surface area contributed by atoms with Crippen LogP contribution in [0.15, 0.2) is 42.6 Å². The van der Waals surface area contributed by atoms with Gasteiger partial charge in [-0.15, -0.1) is 0 Å². The molecule has 0 atom stereocenters. The van der Waals surface area contributed by atoms with E-state index in [9.17, 15) is 18.0 Å². The van der Waals surface area contributed by atoms with Crippen molar-refractivity contribution in [1.29, 1.82) is 0 Å². The second-order valence-electron chi connectivity index (χ2n) is 9.95. The Labute approximate surface area is 223 Å². The summed E-state index contributed by atoms with van der Waals surface area (Å²) < 4.78 is 38.6. The lowest BCUT2D eigenvalue weighted by Crippen LogP contribution is -2.42. The van der Waals surface area contributed by atoms with E-state index in [0.29, 0.717) is 31.1 Å². The monoisotopic (exact) mass is 538 g/mol. The van der Waals surface area contributed by atoms with Gasteiger partial charge in [-0.25, -0.2) is 0 Å². The van der Waals surface area contributed by atoms with Crippen molar-refractivity contribution in [3.63, 3.8) is 0 Å². The minimum atomic E-state index is -4.46. The van der Waals surface area contributed by atoms with Crippen LogP contribution in [0.3, 0.4) is 0 Å². The molecule has 4 rings (SSSR count). The molecule has 2 aliphatic rings. The van der Waals surface area contributed by atoms with Gasteiger partial charge in [-0.05, 0) is 93.9 Å². The summed E-state index contributed by atoms with van der Waals surface area (Å²) in [5.74, 6) is 0.875. The van der Waals surface area contributed by atoms with Crippen LogP contribution in [0.4, 0.5) is 18.9 Å². The number of carbonyl (C=O) groups excluding carboxylic acids is 1. The second-order valence-corrected chi connectivity index (χ2v) is 10.4. The van der Waals surface area contributed by atoms with Crippen molar-refractivity contribution < 1.29 is 18.0 Å². The van der Waals surface area contributed by atoms with Crippen molar-refractivity contribution in [2.75, 3.05) is 38.0 Å². The van der Waals surface area contributed by atoms with Gasteiger partial charge in [0, 0.05) is 42.5 Å². The first-order valence-electron chi connectivity index (χ1n) is 12.8. The number of amides is 1. The van der Waals surface area contributed by atoms with E-state index in [-0.39, 0.29) is 19.4 Å². The Morgan fingerprint density at radius 3 is 2.35 bits per heavy atom. The number of alkyl halides is 3. The molecule has 2 saturated heterocycles. The fraction of sp³-hybridized carbons (Fsp3) is 0.571. The van der Waals surface area contributed by atoms with Gasteiger partial charge in [0.2, 0.25) is 5.91 Å². The van der Waals surface area contributed by atoms with E-state index >= 15 is 0 Å². The van der Waals surface area contributed by atoms with Crippen LogP contribution < -0.4 is 5.32 Å². The maximum absolute atomic E-state index is 12.9. The Balaban J connectivity index is 0.00000380. The maximum atomic E-state index is 12.9. The number of benzene rings is 1. The highest BCUT2D eigenvalue weighted by Gasteiger charge is 2.32. The van der Waals surface area contributed by atoms with Crippen LogP contribution in [-0.2, 0) is 17.4 Å². The number of likely N-dealkylation sites (tertiary alicyclic amines) is 2. The van der Waals surface area contributed by atoms with E-state index in [0.717, 1.165) is 56.4 Å². The third-order valence-corrected chi connectivity index (χ3v) is 7.53. The number of pyridine rings is 1. The number of nitrogens with zero attached hydrogens (tertiary/aromatic N) is 3. The van der Waals surface area contributed by atoms with Gasteiger partial charge in [-0.1, -0.05) is 31.2 Å². The van der Waals surface area contributed by atoms with E-state index in [1.54, 1.807) is 6.07 Å². The molecule has 0 unspecified atom stereocenters. The van der Waals surface area contributed by atoms with Crippen LogP contribution in [0.2, 0.25) is 5.02 Å². The van der Waals surface area contributed by atoms with Crippen LogP contribution in [0.1, 0.15) is 57.2 Å². The number of nitrogens with one attached hydrogen (secondary N) is 1. The Hall–Kier alpha value is -2.32. The van der Waals surface area contributed by atoms with Crippen LogP contribution in [0.5, 0.6) is 0 Å². The van der Waals surface area contributed by atoms with E-state index in [4.69, 9.17) is 11.6 Å². The molecule has 5 nitrogen and oxygen atoms in total. The summed E-state index contributed by atoms with van der Waals surface area (Å²) in [5, 5.41) is 3.94. The van der Waals surface area contributed by atoms with Gasteiger partial charge in [0.05, 0.1) is 0 Å².